The first-order chi connectivity index (χ1) is 13.8. The lowest BCUT2D eigenvalue weighted by atomic mass is 10.2. The van der Waals surface area contributed by atoms with Crippen LogP contribution in [-0.4, -0.2) is 36.0 Å². The van der Waals surface area contributed by atoms with Crippen molar-refractivity contribution in [2.24, 2.45) is 4.99 Å². The van der Waals surface area contributed by atoms with E-state index in [0.717, 1.165) is 35.4 Å². The fourth-order valence-corrected chi connectivity index (χ4v) is 4.19. The number of hydrogen-bond acceptors (Lipinski definition) is 4. The molecular formula is C23H24N2O2S. The lowest BCUT2D eigenvalue weighted by molar-refractivity contribution is 0.323. The topological polar surface area (TPSA) is 35.8 Å². The van der Waals surface area contributed by atoms with Crippen LogP contribution >= 0.6 is 11.8 Å². The van der Waals surface area contributed by atoms with Crippen molar-refractivity contribution >= 4 is 17.7 Å². The summed E-state index contributed by atoms with van der Waals surface area (Å²) in [6.45, 7) is 1.44. The third-order valence-electron chi connectivity index (χ3n) is 4.69. The van der Waals surface area contributed by atoms with Crippen molar-refractivity contribution in [2.75, 3.05) is 19.5 Å². The van der Waals surface area contributed by atoms with Crippen molar-refractivity contribution < 1.29 is 9.47 Å². The Morgan fingerprint density at radius 3 is 2.64 bits per heavy atom. The van der Waals surface area contributed by atoms with Gasteiger partial charge in [0.15, 0.2) is 0 Å². The maximum absolute atomic E-state index is 5.92. The van der Waals surface area contributed by atoms with Gasteiger partial charge in [0.25, 0.3) is 0 Å². The highest BCUT2D eigenvalue weighted by molar-refractivity contribution is 7.98. The van der Waals surface area contributed by atoms with E-state index >= 15 is 0 Å². The lowest BCUT2D eigenvalue weighted by Crippen LogP contribution is -2.11. The average molecular weight is 393 g/mol. The van der Waals surface area contributed by atoms with Crippen molar-refractivity contribution in [1.82, 2.24) is 4.57 Å². The Labute approximate surface area is 170 Å². The molecule has 0 fully saturated rings. The van der Waals surface area contributed by atoms with Crippen molar-refractivity contribution in [2.45, 2.75) is 18.3 Å². The van der Waals surface area contributed by atoms with Crippen LogP contribution in [0.1, 0.15) is 16.8 Å². The molecule has 0 saturated carbocycles. The molecule has 0 aliphatic carbocycles. The molecule has 5 heteroatoms. The van der Waals surface area contributed by atoms with Gasteiger partial charge in [-0.05, 0) is 35.4 Å². The number of thioether (sulfide) groups is 1. The van der Waals surface area contributed by atoms with Gasteiger partial charge in [0.2, 0.25) is 5.90 Å². The Bertz CT molecular complexity index is 919. The summed E-state index contributed by atoms with van der Waals surface area (Å²) < 4.78 is 13.3. The number of hydrogen-bond donors (Lipinski definition) is 0. The van der Waals surface area contributed by atoms with Crippen LogP contribution in [0.3, 0.4) is 0 Å². The van der Waals surface area contributed by atoms with Crippen LogP contribution in [0.25, 0.3) is 0 Å². The molecule has 2 aromatic carbocycles. The number of nitrogens with zero attached hydrogens (tertiary/aromatic N) is 2. The number of aromatic nitrogens is 1. The Morgan fingerprint density at radius 1 is 1.04 bits per heavy atom. The predicted molar refractivity (Wildman–Crippen MR) is 115 cm³/mol. The first-order valence-corrected chi connectivity index (χ1v) is 10.6. The molecule has 0 N–H and O–H groups in total. The van der Waals surface area contributed by atoms with Gasteiger partial charge in [0, 0.05) is 24.2 Å². The monoisotopic (exact) mass is 392 g/mol. The third kappa shape index (κ3) is 4.60. The summed E-state index contributed by atoms with van der Waals surface area (Å²) in [5, 5.41) is 0. The second kappa shape index (κ2) is 9.02. The summed E-state index contributed by atoms with van der Waals surface area (Å²) in [7, 11) is 1.68. The van der Waals surface area contributed by atoms with Gasteiger partial charge in [-0.15, -0.1) is 0 Å². The van der Waals surface area contributed by atoms with Crippen LogP contribution in [0.4, 0.5) is 0 Å². The molecule has 1 aliphatic heterocycles. The first kappa shape index (κ1) is 18.7. The predicted octanol–water partition coefficient (Wildman–Crippen LogP) is 4.62. The van der Waals surface area contributed by atoms with E-state index in [4.69, 9.17) is 14.5 Å². The van der Waals surface area contributed by atoms with E-state index in [1.807, 2.05) is 30.0 Å². The SMILES string of the molecule is COc1ccc(Cn2cccc2C2=N[C@@H](CSCc3ccccc3)CO2)cc1. The fraction of sp³-hybridized carbons (Fsp3) is 0.261. The zero-order chi connectivity index (χ0) is 19.2. The molecule has 1 aromatic heterocycles. The van der Waals surface area contributed by atoms with E-state index in [1.54, 1.807) is 7.11 Å². The summed E-state index contributed by atoms with van der Waals surface area (Å²) in [5.41, 5.74) is 3.60. The van der Waals surface area contributed by atoms with E-state index in [-0.39, 0.29) is 6.04 Å². The summed E-state index contributed by atoms with van der Waals surface area (Å²) in [5.74, 6) is 3.60. The largest absolute Gasteiger partial charge is 0.497 e. The molecule has 4 rings (SSSR count). The molecule has 1 atom stereocenters. The highest BCUT2D eigenvalue weighted by atomic mass is 32.2. The van der Waals surface area contributed by atoms with E-state index in [0.29, 0.717) is 6.61 Å². The van der Waals surface area contributed by atoms with Crippen molar-refractivity contribution in [3.05, 3.63) is 89.7 Å². The van der Waals surface area contributed by atoms with Crippen molar-refractivity contribution in [3.8, 4) is 5.75 Å². The second-order valence-corrected chi connectivity index (χ2v) is 7.80. The van der Waals surface area contributed by atoms with Gasteiger partial charge < -0.3 is 14.0 Å². The summed E-state index contributed by atoms with van der Waals surface area (Å²) in [4.78, 5) is 4.82. The minimum absolute atomic E-state index is 0.216. The quantitative estimate of drug-likeness (QED) is 0.561. The van der Waals surface area contributed by atoms with Crippen LogP contribution in [0.5, 0.6) is 5.75 Å². The molecule has 144 valence electrons. The molecule has 0 bridgehead atoms. The van der Waals surface area contributed by atoms with E-state index < -0.39 is 0 Å². The van der Waals surface area contributed by atoms with Crippen LogP contribution < -0.4 is 4.74 Å². The van der Waals surface area contributed by atoms with Gasteiger partial charge in [-0.3, -0.25) is 0 Å². The summed E-state index contributed by atoms with van der Waals surface area (Å²) in [6, 6.07) is 23.0. The molecule has 0 spiro atoms. The highest BCUT2D eigenvalue weighted by Crippen LogP contribution is 2.20. The number of methoxy groups -OCH3 is 1. The van der Waals surface area contributed by atoms with Gasteiger partial charge in [-0.25, -0.2) is 4.99 Å². The van der Waals surface area contributed by atoms with Gasteiger partial charge in [-0.2, -0.15) is 11.8 Å². The Hall–Kier alpha value is -2.66. The van der Waals surface area contributed by atoms with Crippen LogP contribution in [0.2, 0.25) is 0 Å². The normalized spacial score (nSPS) is 15.9. The fourth-order valence-electron chi connectivity index (χ4n) is 3.20. The van der Waals surface area contributed by atoms with Gasteiger partial charge in [0.1, 0.15) is 18.1 Å². The first-order valence-electron chi connectivity index (χ1n) is 9.42. The number of ether oxygens (including phenoxy) is 2. The molecule has 28 heavy (non-hydrogen) atoms. The summed E-state index contributed by atoms with van der Waals surface area (Å²) >= 11 is 1.91. The van der Waals surface area contributed by atoms with E-state index in [9.17, 15) is 0 Å². The molecule has 0 radical (unpaired) electrons. The van der Waals surface area contributed by atoms with Crippen LogP contribution in [0, 0.1) is 0 Å². The van der Waals surface area contributed by atoms with E-state index in [2.05, 4.69) is 59.3 Å². The Kier molecular flexibility index (Phi) is 6.02. The number of benzene rings is 2. The smallest absolute Gasteiger partial charge is 0.233 e. The average Bonchev–Trinajstić information content (AvgIpc) is 3.39. The van der Waals surface area contributed by atoms with Gasteiger partial charge >= 0.3 is 0 Å². The Morgan fingerprint density at radius 2 is 1.86 bits per heavy atom. The molecule has 0 amide bonds. The lowest BCUT2D eigenvalue weighted by Gasteiger charge is -2.09. The maximum Gasteiger partial charge on any atom is 0.233 e. The van der Waals surface area contributed by atoms with E-state index in [1.165, 1.54) is 11.1 Å². The standard InChI is InChI=1S/C23H24N2O2S/c1-26-21-11-9-18(10-12-21)14-25-13-5-8-22(25)23-24-20(15-27-23)17-28-16-19-6-3-2-4-7-19/h2-13,20H,14-17H2,1H3/t20-/m1/s1. The molecule has 2 heterocycles. The van der Waals surface area contributed by atoms with Crippen LogP contribution in [-0.2, 0) is 17.0 Å². The maximum atomic E-state index is 5.92. The van der Waals surface area contributed by atoms with Crippen molar-refractivity contribution in [1.29, 1.82) is 0 Å². The van der Waals surface area contributed by atoms with Crippen molar-refractivity contribution in [3.63, 3.8) is 0 Å². The number of rotatable bonds is 8. The van der Waals surface area contributed by atoms with Crippen LogP contribution in [0.15, 0.2) is 77.9 Å². The molecule has 0 unspecified atom stereocenters. The molecule has 1 aliphatic rings. The number of aliphatic imine (C=N–C) groups is 1. The molecule has 4 nitrogen and oxygen atoms in total. The Balaban J connectivity index is 1.36. The molecule has 3 aromatic rings. The van der Waals surface area contributed by atoms with Gasteiger partial charge in [0.05, 0.1) is 13.2 Å². The molecule has 0 saturated heterocycles. The highest BCUT2D eigenvalue weighted by Gasteiger charge is 2.22. The minimum atomic E-state index is 0.216. The zero-order valence-corrected chi connectivity index (χ0v) is 16.8. The minimum Gasteiger partial charge on any atom is -0.497 e. The second-order valence-electron chi connectivity index (χ2n) is 6.77. The zero-order valence-electron chi connectivity index (χ0n) is 16.0. The van der Waals surface area contributed by atoms with Gasteiger partial charge in [-0.1, -0.05) is 42.5 Å². The summed E-state index contributed by atoms with van der Waals surface area (Å²) in [6.07, 6.45) is 2.07. The third-order valence-corrected chi connectivity index (χ3v) is 5.85. The molecular weight excluding hydrogens is 368 g/mol.